The summed E-state index contributed by atoms with van der Waals surface area (Å²) in [4.78, 5) is 48.9. The van der Waals surface area contributed by atoms with Crippen LogP contribution in [0.15, 0.2) is 18.2 Å². The quantitative estimate of drug-likeness (QED) is 0.790. The molecule has 1 saturated carbocycles. The predicted molar refractivity (Wildman–Crippen MR) is 94.8 cm³/mol. The molecule has 27 heavy (non-hydrogen) atoms. The first-order valence-corrected chi connectivity index (χ1v) is 9.44. The van der Waals surface area contributed by atoms with E-state index in [1.54, 1.807) is 4.90 Å². The Morgan fingerprint density at radius 2 is 1.81 bits per heavy atom. The number of piperidine rings is 1. The number of carboxylic acids is 1. The smallest absolute Gasteiger partial charge is 0.306 e. The van der Waals surface area contributed by atoms with Crippen LogP contribution in [0.25, 0.3) is 0 Å². The first-order valence-electron chi connectivity index (χ1n) is 9.44. The van der Waals surface area contributed by atoms with Crippen molar-refractivity contribution in [1.82, 2.24) is 10.2 Å². The van der Waals surface area contributed by atoms with Crippen LogP contribution in [-0.2, 0) is 20.9 Å². The van der Waals surface area contributed by atoms with Gasteiger partial charge < -0.3 is 10.0 Å². The van der Waals surface area contributed by atoms with E-state index in [2.05, 4.69) is 5.32 Å². The SMILES string of the molecule is O=C1CCC(N2Cc3cc(C4CCC(C(=O)O)CC4)ccc3C2=O)C(=O)N1. The molecule has 2 N–H and O–H groups in total. The third-order valence-electron chi connectivity index (χ3n) is 6.10. The zero-order valence-corrected chi connectivity index (χ0v) is 14.9. The van der Waals surface area contributed by atoms with E-state index in [1.807, 2.05) is 18.2 Å². The minimum absolute atomic E-state index is 0.166. The van der Waals surface area contributed by atoms with Crippen molar-refractivity contribution < 1.29 is 24.3 Å². The first kappa shape index (κ1) is 17.7. The number of aliphatic carboxylic acids is 1. The van der Waals surface area contributed by atoms with Crippen LogP contribution in [0, 0.1) is 5.92 Å². The van der Waals surface area contributed by atoms with Crippen LogP contribution in [0.3, 0.4) is 0 Å². The van der Waals surface area contributed by atoms with Crippen molar-refractivity contribution in [1.29, 1.82) is 0 Å². The molecule has 4 rings (SSSR count). The number of rotatable bonds is 3. The average molecular weight is 370 g/mol. The predicted octanol–water partition coefficient (Wildman–Crippen LogP) is 1.81. The monoisotopic (exact) mass is 370 g/mol. The summed E-state index contributed by atoms with van der Waals surface area (Å²) in [5.41, 5.74) is 2.65. The number of benzene rings is 1. The van der Waals surface area contributed by atoms with E-state index >= 15 is 0 Å². The Morgan fingerprint density at radius 3 is 2.48 bits per heavy atom. The van der Waals surface area contributed by atoms with Crippen LogP contribution in [0.4, 0.5) is 0 Å². The minimum atomic E-state index is -0.715. The Kier molecular flexibility index (Phi) is 4.45. The van der Waals surface area contributed by atoms with E-state index < -0.39 is 17.9 Å². The number of nitrogens with one attached hydrogen (secondary N) is 1. The number of amides is 3. The van der Waals surface area contributed by atoms with Crippen LogP contribution in [0.2, 0.25) is 0 Å². The highest BCUT2D eigenvalue weighted by Gasteiger charge is 2.39. The summed E-state index contributed by atoms with van der Waals surface area (Å²) in [6.45, 7) is 0.374. The molecule has 0 bridgehead atoms. The second-order valence-electron chi connectivity index (χ2n) is 7.70. The van der Waals surface area contributed by atoms with Gasteiger partial charge in [-0.15, -0.1) is 0 Å². The van der Waals surface area contributed by atoms with Crippen molar-refractivity contribution >= 4 is 23.7 Å². The molecule has 1 aromatic rings. The maximum absolute atomic E-state index is 12.7. The van der Waals surface area contributed by atoms with E-state index in [0.29, 0.717) is 37.3 Å². The number of hydrogen-bond donors (Lipinski definition) is 2. The second kappa shape index (κ2) is 6.79. The van der Waals surface area contributed by atoms with Crippen LogP contribution in [0.5, 0.6) is 0 Å². The largest absolute Gasteiger partial charge is 0.481 e. The van der Waals surface area contributed by atoms with Gasteiger partial charge >= 0.3 is 5.97 Å². The number of imide groups is 1. The molecule has 0 aromatic heterocycles. The summed E-state index contributed by atoms with van der Waals surface area (Å²) in [6.07, 6.45) is 3.63. The molecular formula is C20H22N2O5. The summed E-state index contributed by atoms with van der Waals surface area (Å²) >= 11 is 0. The Balaban J connectivity index is 1.49. The summed E-state index contributed by atoms with van der Waals surface area (Å²) < 4.78 is 0. The van der Waals surface area contributed by atoms with Gasteiger partial charge in [-0.2, -0.15) is 0 Å². The zero-order chi connectivity index (χ0) is 19.1. The highest BCUT2D eigenvalue weighted by Crippen LogP contribution is 2.38. The fourth-order valence-electron chi connectivity index (χ4n) is 4.52. The molecule has 1 atom stereocenters. The van der Waals surface area contributed by atoms with E-state index in [9.17, 15) is 19.2 Å². The van der Waals surface area contributed by atoms with Gasteiger partial charge in [-0.25, -0.2) is 0 Å². The molecule has 3 aliphatic rings. The molecule has 3 amide bonds. The van der Waals surface area contributed by atoms with Crippen molar-refractivity contribution in [2.75, 3.05) is 0 Å². The fraction of sp³-hybridized carbons (Fsp3) is 0.500. The Morgan fingerprint density at radius 1 is 1.07 bits per heavy atom. The lowest BCUT2D eigenvalue weighted by atomic mass is 9.78. The van der Waals surface area contributed by atoms with Gasteiger partial charge in [-0.3, -0.25) is 24.5 Å². The molecule has 0 spiro atoms. The zero-order valence-electron chi connectivity index (χ0n) is 14.9. The number of carbonyl (C=O) groups excluding carboxylic acids is 3. The Labute approximate surface area is 156 Å². The maximum Gasteiger partial charge on any atom is 0.306 e. The van der Waals surface area contributed by atoms with Crippen molar-refractivity contribution in [3.63, 3.8) is 0 Å². The van der Waals surface area contributed by atoms with Gasteiger partial charge in [0.05, 0.1) is 5.92 Å². The number of carbonyl (C=O) groups is 4. The molecule has 2 heterocycles. The summed E-state index contributed by atoms with van der Waals surface area (Å²) in [5, 5.41) is 11.5. The molecule has 7 heteroatoms. The van der Waals surface area contributed by atoms with Gasteiger partial charge in [-0.1, -0.05) is 12.1 Å². The van der Waals surface area contributed by atoms with Gasteiger partial charge in [-0.05, 0) is 55.2 Å². The number of hydrogen-bond acceptors (Lipinski definition) is 4. The molecule has 1 unspecified atom stereocenters. The number of nitrogens with zero attached hydrogens (tertiary/aromatic N) is 1. The van der Waals surface area contributed by atoms with E-state index in [0.717, 1.165) is 24.0 Å². The highest BCUT2D eigenvalue weighted by atomic mass is 16.4. The standard InChI is InChI=1S/C20H22N2O5/c23-17-8-7-16(18(24)21-17)22-10-14-9-13(5-6-15(14)19(22)25)11-1-3-12(4-2-11)20(26)27/h5-6,9,11-12,16H,1-4,7-8,10H2,(H,26,27)(H,21,23,24). The number of carboxylic acid groups (broad SMARTS) is 1. The average Bonchev–Trinajstić information content (AvgIpc) is 2.98. The van der Waals surface area contributed by atoms with Crippen molar-refractivity contribution in [2.45, 2.75) is 57.0 Å². The molecule has 142 valence electrons. The summed E-state index contributed by atoms with van der Waals surface area (Å²) in [6, 6.07) is 5.21. The van der Waals surface area contributed by atoms with Crippen molar-refractivity contribution in [2.24, 2.45) is 5.92 Å². The molecule has 7 nitrogen and oxygen atoms in total. The van der Waals surface area contributed by atoms with Gasteiger partial charge in [0.1, 0.15) is 6.04 Å². The molecule has 2 fully saturated rings. The van der Waals surface area contributed by atoms with E-state index in [4.69, 9.17) is 5.11 Å². The van der Waals surface area contributed by atoms with Gasteiger partial charge in [0.25, 0.3) is 5.91 Å². The van der Waals surface area contributed by atoms with Crippen molar-refractivity contribution in [3.8, 4) is 0 Å². The molecule has 0 radical (unpaired) electrons. The Bertz CT molecular complexity index is 826. The maximum atomic E-state index is 12.7. The number of fused-ring (bicyclic) bond motifs is 1. The van der Waals surface area contributed by atoms with Crippen LogP contribution >= 0.6 is 0 Å². The Hall–Kier alpha value is -2.70. The molecular weight excluding hydrogens is 348 g/mol. The third-order valence-corrected chi connectivity index (χ3v) is 6.10. The van der Waals surface area contributed by atoms with Gasteiger partial charge in [0, 0.05) is 18.5 Å². The summed E-state index contributed by atoms with van der Waals surface area (Å²) in [5.74, 6) is -1.52. The lowest BCUT2D eigenvalue weighted by Crippen LogP contribution is -2.52. The second-order valence-corrected chi connectivity index (χ2v) is 7.70. The van der Waals surface area contributed by atoms with Gasteiger partial charge in [0.15, 0.2) is 0 Å². The van der Waals surface area contributed by atoms with E-state index in [1.165, 1.54) is 0 Å². The third kappa shape index (κ3) is 3.22. The normalized spacial score (nSPS) is 28.1. The van der Waals surface area contributed by atoms with Crippen LogP contribution in [0.1, 0.15) is 65.9 Å². The summed E-state index contributed by atoms with van der Waals surface area (Å²) in [7, 11) is 0. The van der Waals surface area contributed by atoms with E-state index in [-0.39, 0.29) is 24.2 Å². The molecule has 1 aliphatic carbocycles. The highest BCUT2D eigenvalue weighted by molar-refractivity contribution is 6.05. The topological polar surface area (TPSA) is 104 Å². The molecule has 1 saturated heterocycles. The lowest BCUT2D eigenvalue weighted by Gasteiger charge is -2.29. The molecule has 1 aromatic carbocycles. The lowest BCUT2D eigenvalue weighted by molar-refractivity contribution is -0.143. The van der Waals surface area contributed by atoms with Crippen LogP contribution < -0.4 is 5.32 Å². The van der Waals surface area contributed by atoms with Crippen LogP contribution in [-0.4, -0.2) is 39.7 Å². The van der Waals surface area contributed by atoms with Crippen molar-refractivity contribution in [3.05, 3.63) is 34.9 Å². The first-order chi connectivity index (χ1) is 12.9. The minimum Gasteiger partial charge on any atom is -0.481 e. The fourth-order valence-corrected chi connectivity index (χ4v) is 4.52. The molecule has 2 aliphatic heterocycles. The van der Waals surface area contributed by atoms with Gasteiger partial charge in [0.2, 0.25) is 11.8 Å².